The van der Waals surface area contributed by atoms with Crippen molar-refractivity contribution >= 4 is 5.97 Å². The van der Waals surface area contributed by atoms with Crippen molar-refractivity contribution in [2.75, 3.05) is 0 Å². The van der Waals surface area contributed by atoms with E-state index in [1.807, 2.05) is 0 Å². The van der Waals surface area contributed by atoms with Gasteiger partial charge in [-0.15, -0.1) is 0 Å². The van der Waals surface area contributed by atoms with Crippen molar-refractivity contribution in [3.8, 4) is 0 Å². The maximum Gasteiger partial charge on any atom is 0.336 e. The molecule has 8 heavy (non-hydrogen) atoms. The lowest BCUT2D eigenvalue weighted by atomic mass is 10.3. The highest BCUT2D eigenvalue weighted by Crippen LogP contribution is 1.83. The molecule has 3 nitrogen and oxygen atoms in total. The molecule has 0 rings (SSSR count). The van der Waals surface area contributed by atoms with Crippen molar-refractivity contribution < 1.29 is 15.0 Å². The van der Waals surface area contributed by atoms with Crippen LogP contribution >= 0.6 is 0 Å². The Hall–Kier alpha value is -0.830. The van der Waals surface area contributed by atoms with E-state index >= 15 is 0 Å². The van der Waals surface area contributed by atoms with Gasteiger partial charge in [-0.05, 0) is 13.0 Å². The smallest absolute Gasteiger partial charge is 0.336 e. The average Bonchev–Trinajstić information content (AvgIpc) is 1.67. The van der Waals surface area contributed by atoms with Crippen LogP contribution in [0.1, 0.15) is 6.92 Å². The SMILES string of the molecule is CC=C[C@H](O)C(=O)O. The molecule has 0 bridgehead atoms. The van der Waals surface area contributed by atoms with Gasteiger partial charge in [0.05, 0.1) is 0 Å². The topological polar surface area (TPSA) is 57.5 Å². The van der Waals surface area contributed by atoms with Gasteiger partial charge in [-0.25, -0.2) is 4.79 Å². The highest BCUT2D eigenvalue weighted by molar-refractivity contribution is 5.74. The second-order valence-corrected chi connectivity index (χ2v) is 1.31. The molecule has 0 radical (unpaired) electrons. The number of aliphatic hydroxyl groups is 1. The first-order valence-corrected chi connectivity index (χ1v) is 2.22. The maximum atomic E-state index is 9.79. The minimum absolute atomic E-state index is 1.20. The zero-order valence-electron chi connectivity index (χ0n) is 4.53. The maximum absolute atomic E-state index is 9.79. The van der Waals surface area contributed by atoms with E-state index in [9.17, 15) is 4.79 Å². The number of carbonyl (C=O) groups is 1. The first kappa shape index (κ1) is 7.17. The number of aliphatic carboxylic acids is 1. The molecule has 46 valence electrons. The molecule has 3 heteroatoms. The molecule has 0 aromatic carbocycles. The summed E-state index contributed by atoms with van der Waals surface area (Å²) in [6, 6.07) is 0. The third-order valence-corrected chi connectivity index (χ3v) is 0.628. The Morgan fingerprint density at radius 1 is 1.75 bits per heavy atom. The molecule has 0 aliphatic carbocycles. The first-order chi connectivity index (χ1) is 3.68. The highest BCUT2D eigenvalue weighted by Gasteiger charge is 2.05. The summed E-state index contributed by atoms with van der Waals surface area (Å²) in [7, 11) is 0. The fourth-order valence-corrected chi connectivity index (χ4v) is 0.265. The fourth-order valence-electron chi connectivity index (χ4n) is 0.265. The van der Waals surface area contributed by atoms with Gasteiger partial charge < -0.3 is 10.2 Å². The van der Waals surface area contributed by atoms with Crippen molar-refractivity contribution in [1.29, 1.82) is 0 Å². The summed E-state index contributed by atoms with van der Waals surface area (Å²) in [5.41, 5.74) is 0. The Bertz CT molecular complexity index is 106. The second kappa shape index (κ2) is 3.21. The number of carboxylic acid groups (broad SMARTS) is 1. The molecule has 0 spiro atoms. The third-order valence-electron chi connectivity index (χ3n) is 0.628. The van der Waals surface area contributed by atoms with E-state index < -0.39 is 12.1 Å². The summed E-state index contributed by atoms with van der Waals surface area (Å²) >= 11 is 0. The van der Waals surface area contributed by atoms with Gasteiger partial charge in [0, 0.05) is 0 Å². The Labute approximate surface area is 47.3 Å². The van der Waals surface area contributed by atoms with E-state index in [1.54, 1.807) is 6.92 Å². The minimum atomic E-state index is -1.35. The molecular weight excluding hydrogens is 108 g/mol. The van der Waals surface area contributed by atoms with Gasteiger partial charge in [0.25, 0.3) is 0 Å². The van der Waals surface area contributed by atoms with Gasteiger partial charge in [0.1, 0.15) is 0 Å². The Morgan fingerprint density at radius 2 is 2.25 bits per heavy atom. The van der Waals surface area contributed by atoms with Crippen LogP contribution in [0.2, 0.25) is 0 Å². The molecule has 0 saturated heterocycles. The van der Waals surface area contributed by atoms with Crippen LogP contribution in [0, 0.1) is 0 Å². The van der Waals surface area contributed by atoms with E-state index in [0.29, 0.717) is 0 Å². The summed E-state index contributed by atoms with van der Waals surface area (Å²) in [5.74, 6) is -1.22. The number of carboxylic acids is 1. The van der Waals surface area contributed by atoms with Crippen LogP contribution in [0.25, 0.3) is 0 Å². The van der Waals surface area contributed by atoms with Crippen LogP contribution in [-0.4, -0.2) is 22.3 Å². The number of hydrogen-bond acceptors (Lipinski definition) is 2. The number of aliphatic hydroxyl groups excluding tert-OH is 1. The molecule has 0 amide bonds. The van der Waals surface area contributed by atoms with Gasteiger partial charge in [-0.3, -0.25) is 0 Å². The Morgan fingerprint density at radius 3 is 2.38 bits per heavy atom. The van der Waals surface area contributed by atoms with Crippen molar-refractivity contribution in [3.63, 3.8) is 0 Å². The predicted octanol–water partition coefficient (Wildman–Crippen LogP) is 0.00800. The molecule has 0 heterocycles. The van der Waals surface area contributed by atoms with E-state index in [4.69, 9.17) is 10.2 Å². The molecule has 1 atom stereocenters. The monoisotopic (exact) mass is 116 g/mol. The first-order valence-electron chi connectivity index (χ1n) is 2.22. The van der Waals surface area contributed by atoms with Crippen LogP contribution < -0.4 is 0 Å². The Kier molecular flexibility index (Phi) is 2.88. The van der Waals surface area contributed by atoms with E-state index in [-0.39, 0.29) is 0 Å². The zero-order valence-corrected chi connectivity index (χ0v) is 4.53. The average molecular weight is 116 g/mol. The van der Waals surface area contributed by atoms with Crippen LogP contribution in [0.4, 0.5) is 0 Å². The van der Waals surface area contributed by atoms with Gasteiger partial charge in [0.2, 0.25) is 0 Å². The van der Waals surface area contributed by atoms with Crippen LogP contribution in [0.3, 0.4) is 0 Å². The summed E-state index contributed by atoms with van der Waals surface area (Å²) in [5, 5.41) is 16.5. The zero-order chi connectivity index (χ0) is 6.57. The Balaban J connectivity index is 3.64. The normalized spacial score (nSPS) is 14.2. The van der Waals surface area contributed by atoms with Crippen molar-refractivity contribution in [2.24, 2.45) is 0 Å². The standard InChI is InChI=1S/C5H8O3/c1-2-3-4(6)5(7)8/h2-4,6H,1H3,(H,7,8)/t4-/m0/s1. The number of allylic oxidation sites excluding steroid dienone is 1. The van der Waals surface area contributed by atoms with Crippen molar-refractivity contribution in [2.45, 2.75) is 13.0 Å². The van der Waals surface area contributed by atoms with E-state index in [2.05, 4.69) is 0 Å². The summed E-state index contributed by atoms with van der Waals surface area (Å²) in [6.45, 7) is 1.64. The number of hydrogen-bond donors (Lipinski definition) is 2. The molecular formula is C5H8O3. The molecule has 0 aliphatic heterocycles. The van der Waals surface area contributed by atoms with Crippen LogP contribution in [0.5, 0.6) is 0 Å². The third kappa shape index (κ3) is 2.36. The molecule has 0 fully saturated rings. The van der Waals surface area contributed by atoms with Crippen molar-refractivity contribution in [1.82, 2.24) is 0 Å². The molecule has 0 aromatic rings. The van der Waals surface area contributed by atoms with Gasteiger partial charge >= 0.3 is 5.97 Å². The van der Waals surface area contributed by atoms with E-state index in [0.717, 1.165) is 0 Å². The molecule has 2 N–H and O–H groups in total. The van der Waals surface area contributed by atoms with Gasteiger partial charge in [-0.2, -0.15) is 0 Å². The molecule has 0 aromatic heterocycles. The van der Waals surface area contributed by atoms with Gasteiger partial charge in [0.15, 0.2) is 6.10 Å². The molecule has 0 unspecified atom stereocenters. The summed E-state index contributed by atoms with van der Waals surface area (Å²) in [6.07, 6.45) is 1.33. The summed E-state index contributed by atoms with van der Waals surface area (Å²) in [4.78, 5) is 9.79. The van der Waals surface area contributed by atoms with Crippen molar-refractivity contribution in [3.05, 3.63) is 12.2 Å². The number of rotatable bonds is 2. The quantitative estimate of drug-likeness (QED) is 0.499. The molecule has 0 aliphatic rings. The van der Waals surface area contributed by atoms with Crippen LogP contribution in [-0.2, 0) is 4.79 Å². The van der Waals surface area contributed by atoms with Gasteiger partial charge in [-0.1, -0.05) is 6.08 Å². The van der Waals surface area contributed by atoms with E-state index in [1.165, 1.54) is 12.2 Å². The second-order valence-electron chi connectivity index (χ2n) is 1.31. The van der Waals surface area contributed by atoms with Crippen LogP contribution in [0.15, 0.2) is 12.2 Å². The summed E-state index contributed by atoms with van der Waals surface area (Å²) < 4.78 is 0. The lowest BCUT2D eigenvalue weighted by Gasteiger charge is -1.93. The minimum Gasteiger partial charge on any atom is -0.479 e. The highest BCUT2D eigenvalue weighted by atomic mass is 16.4. The fraction of sp³-hybridized carbons (Fsp3) is 0.400. The molecule has 0 saturated carbocycles. The lowest BCUT2D eigenvalue weighted by molar-refractivity contribution is -0.144. The lowest BCUT2D eigenvalue weighted by Crippen LogP contribution is -2.15. The largest absolute Gasteiger partial charge is 0.479 e. The predicted molar refractivity (Wildman–Crippen MR) is 28.5 cm³/mol.